The van der Waals surface area contributed by atoms with E-state index in [1.807, 2.05) is 0 Å². The van der Waals surface area contributed by atoms with Crippen LogP contribution in [-0.2, 0) is 25.1 Å². The zero-order valence-electron chi connectivity index (χ0n) is 33.0. The molecule has 0 saturated carbocycles. The molecule has 0 spiro atoms. The molecular weight excluding hydrogens is 876 g/mol. The quantitative estimate of drug-likeness (QED) is 0.0595. The third-order valence-electron chi connectivity index (χ3n) is 9.13. The Morgan fingerprint density at radius 3 is 0.350 bits per heavy atom. The van der Waals surface area contributed by atoms with E-state index in [9.17, 15) is 0 Å². The molecule has 9 aromatic rings. The van der Waals surface area contributed by atoms with Crippen LogP contribution >= 0.6 is 23.8 Å². The van der Waals surface area contributed by atoms with E-state index in [1.54, 1.807) is 0 Å². The molecular formula is C55H45OP3Pd. The molecule has 0 atom stereocenters. The smallest absolute Gasteiger partial charge is 0 e. The van der Waals surface area contributed by atoms with Gasteiger partial charge in [0.25, 0.3) is 0 Å². The van der Waals surface area contributed by atoms with Crippen LogP contribution in [0.15, 0.2) is 273 Å². The normalized spacial score (nSPS) is 10.1. The van der Waals surface area contributed by atoms with Gasteiger partial charge in [0.15, 0.2) is 0 Å². The van der Waals surface area contributed by atoms with Crippen LogP contribution in [0.2, 0.25) is 0 Å². The molecule has 60 heavy (non-hydrogen) atoms. The molecule has 9 aromatic carbocycles. The van der Waals surface area contributed by atoms with Gasteiger partial charge < -0.3 is 0 Å². The van der Waals surface area contributed by atoms with E-state index in [0.29, 0.717) is 0 Å². The van der Waals surface area contributed by atoms with E-state index in [4.69, 9.17) is 4.65 Å². The van der Waals surface area contributed by atoms with Gasteiger partial charge in [0.2, 0.25) is 0 Å². The van der Waals surface area contributed by atoms with Gasteiger partial charge in [-0.3, -0.25) is 0 Å². The fraction of sp³-hybridized carbons (Fsp3) is 0. The van der Waals surface area contributed by atoms with Crippen LogP contribution in [0.25, 0.3) is 0 Å². The fourth-order valence-corrected chi connectivity index (χ4v) is 13.5. The molecule has 0 aliphatic rings. The van der Waals surface area contributed by atoms with E-state index in [0.717, 1.165) is 0 Å². The van der Waals surface area contributed by atoms with Crippen LogP contribution in [0.5, 0.6) is 0 Å². The second-order valence-corrected chi connectivity index (χ2v) is 19.7. The minimum Gasteiger partial charge on any atom is -0.0622 e. The monoisotopic (exact) mass is 920 g/mol. The standard InChI is InChI=1S/3C18H15P.CO.Pd/c3*1-4-10-16(11-5-1)19(17-12-6-2-7-13-17)18-14-8-3-9-15-18;1-2;/h3*1-15H;;. The van der Waals surface area contributed by atoms with Gasteiger partial charge in [-0.2, -0.15) is 0 Å². The first-order valence-electron chi connectivity index (χ1n) is 19.4. The van der Waals surface area contributed by atoms with Crippen molar-refractivity contribution in [2.45, 2.75) is 0 Å². The molecule has 9 rings (SSSR count). The van der Waals surface area contributed by atoms with Crippen molar-refractivity contribution in [1.29, 1.82) is 0 Å². The molecule has 0 amide bonds. The van der Waals surface area contributed by atoms with Crippen LogP contribution in [-0.4, -0.2) is 0 Å². The minimum atomic E-state index is -0.446. The Labute approximate surface area is 373 Å². The van der Waals surface area contributed by atoms with Crippen molar-refractivity contribution in [2.24, 2.45) is 0 Å². The molecule has 0 bridgehead atoms. The van der Waals surface area contributed by atoms with E-state index >= 15 is 0 Å². The second kappa shape index (κ2) is 26.0. The summed E-state index contributed by atoms with van der Waals surface area (Å²) < 4.78 is 7.50. The predicted molar refractivity (Wildman–Crippen MR) is 259 cm³/mol. The van der Waals surface area contributed by atoms with Crippen molar-refractivity contribution in [1.82, 2.24) is 0 Å². The molecule has 0 aromatic heterocycles. The van der Waals surface area contributed by atoms with Gasteiger partial charge in [0.05, 0.1) is 0 Å². The van der Waals surface area contributed by atoms with Crippen molar-refractivity contribution in [3.8, 4) is 0 Å². The molecule has 0 aliphatic carbocycles. The molecule has 0 unspecified atom stereocenters. The SMILES string of the molecule is [C-]#[O+].[Pd].c1ccc(P(c2ccccc2)c2ccccc2)cc1.c1ccc(P(c2ccccc2)c2ccccc2)cc1.c1ccc(P(c2ccccc2)c2ccccc2)cc1. The molecule has 296 valence electrons. The van der Waals surface area contributed by atoms with Crippen molar-refractivity contribution in [3.63, 3.8) is 0 Å². The number of rotatable bonds is 9. The summed E-state index contributed by atoms with van der Waals surface area (Å²) in [6, 6.07) is 97.0. The van der Waals surface area contributed by atoms with Crippen LogP contribution < -0.4 is 47.7 Å². The Balaban J connectivity index is 0.000000166. The van der Waals surface area contributed by atoms with Crippen molar-refractivity contribution in [2.75, 3.05) is 0 Å². The maximum absolute atomic E-state index is 7.50. The largest absolute Gasteiger partial charge is 0.0622 e. The van der Waals surface area contributed by atoms with Crippen LogP contribution in [0, 0.1) is 6.65 Å². The van der Waals surface area contributed by atoms with Gasteiger partial charge in [0.1, 0.15) is 0 Å². The first kappa shape index (κ1) is 45.8. The van der Waals surface area contributed by atoms with Crippen LogP contribution in [0.4, 0.5) is 0 Å². The Morgan fingerprint density at radius 2 is 0.267 bits per heavy atom. The van der Waals surface area contributed by atoms with E-state index in [1.165, 1.54) is 47.7 Å². The van der Waals surface area contributed by atoms with E-state index < -0.39 is 23.8 Å². The number of benzene rings is 9. The average Bonchev–Trinajstić information content (AvgIpc) is 3.34. The average molecular weight is 921 g/mol. The van der Waals surface area contributed by atoms with Crippen LogP contribution in [0.3, 0.4) is 0 Å². The molecule has 1 nitrogen and oxygen atoms in total. The number of hydrogen-bond donors (Lipinski definition) is 0. The summed E-state index contributed by atoms with van der Waals surface area (Å²) in [6.07, 6.45) is 0. The zero-order valence-corrected chi connectivity index (χ0v) is 37.3. The minimum absolute atomic E-state index is 0. The van der Waals surface area contributed by atoms with Gasteiger partial charge in [-0.15, -0.1) is 0 Å². The fourth-order valence-electron chi connectivity index (χ4n) is 6.54. The first-order chi connectivity index (χ1) is 29.3. The van der Waals surface area contributed by atoms with Crippen molar-refractivity contribution < 1.29 is 25.1 Å². The van der Waals surface area contributed by atoms with Gasteiger partial charge in [-0.05, 0) is 71.5 Å². The summed E-state index contributed by atoms with van der Waals surface area (Å²) >= 11 is 0. The van der Waals surface area contributed by atoms with Gasteiger partial charge in [0, 0.05) is 20.4 Å². The van der Waals surface area contributed by atoms with Gasteiger partial charge >= 0.3 is 11.3 Å². The second-order valence-electron chi connectivity index (χ2n) is 13.0. The maximum Gasteiger partial charge on any atom is 0 e. The third kappa shape index (κ3) is 13.3. The third-order valence-corrected chi connectivity index (χ3v) is 16.5. The topological polar surface area (TPSA) is 19.9 Å². The van der Waals surface area contributed by atoms with Gasteiger partial charge in [-0.25, -0.2) is 0 Å². The van der Waals surface area contributed by atoms with Crippen LogP contribution in [0.1, 0.15) is 0 Å². The molecule has 0 heterocycles. The molecule has 5 heteroatoms. The Bertz CT molecular complexity index is 1920. The van der Waals surface area contributed by atoms with E-state index in [-0.39, 0.29) is 20.4 Å². The van der Waals surface area contributed by atoms with Crippen molar-refractivity contribution >= 4 is 71.5 Å². The van der Waals surface area contributed by atoms with Gasteiger partial charge in [-0.1, -0.05) is 273 Å². The van der Waals surface area contributed by atoms with E-state index in [2.05, 4.69) is 280 Å². The summed E-state index contributed by atoms with van der Waals surface area (Å²) in [7, 11) is -1.34. The van der Waals surface area contributed by atoms with Crippen molar-refractivity contribution in [3.05, 3.63) is 280 Å². The Morgan fingerprint density at radius 1 is 0.183 bits per heavy atom. The molecule has 0 fully saturated rings. The maximum atomic E-state index is 7.50. The molecule has 0 aliphatic heterocycles. The first-order valence-corrected chi connectivity index (χ1v) is 23.4. The molecule has 0 saturated heterocycles. The molecule has 0 N–H and O–H groups in total. The summed E-state index contributed by atoms with van der Waals surface area (Å²) in [4.78, 5) is 0. The summed E-state index contributed by atoms with van der Waals surface area (Å²) in [5, 5.41) is 12.6. The summed E-state index contributed by atoms with van der Waals surface area (Å²) in [5.74, 6) is 0. The Hall–Kier alpha value is -5.33. The zero-order chi connectivity index (χ0) is 40.7. The summed E-state index contributed by atoms with van der Waals surface area (Å²) in [6.45, 7) is 4.50. The summed E-state index contributed by atoms with van der Waals surface area (Å²) in [5.41, 5.74) is 0. The number of hydrogen-bond acceptors (Lipinski definition) is 0. The predicted octanol–water partition coefficient (Wildman–Crippen LogP) is 10.3. The molecule has 0 radical (unpaired) electrons. The Kier molecular flexibility index (Phi) is 19.8.